The van der Waals surface area contributed by atoms with Crippen molar-refractivity contribution in [1.29, 1.82) is 0 Å². The number of carboxylic acid groups (broad SMARTS) is 1. The zero-order chi connectivity index (χ0) is 22.1. The lowest BCUT2D eigenvalue weighted by Crippen LogP contribution is -2.47. The maximum atomic E-state index is 14.4. The van der Waals surface area contributed by atoms with Crippen molar-refractivity contribution in [3.63, 3.8) is 0 Å². The summed E-state index contributed by atoms with van der Waals surface area (Å²) >= 11 is 3.41. The van der Waals surface area contributed by atoms with Crippen molar-refractivity contribution < 1.29 is 33.3 Å². The fraction of sp³-hybridized carbons (Fsp3) is 0.300. The summed E-state index contributed by atoms with van der Waals surface area (Å²) in [7, 11) is 0. The van der Waals surface area contributed by atoms with Crippen LogP contribution < -0.4 is 5.11 Å². The highest BCUT2D eigenvalue weighted by Gasteiger charge is 2.46. The van der Waals surface area contributed by atoms with Crippen LogP contribution in [-0.2, 0) is 14.9 Å². The van der Waals surface area contributed by atoms with E-state index in [1.54, 1.807) is 57.3 Å². The minimum Gasteiger partial charge on any atom is -0.544 e. The molecule has 0 amide bonds. The van der Waals surface area contributed by atoms with Crippen LogP contribution in [0.15, 0.2) is 36.4 Å². The first-order valence-corrected chi connectivity index (χ1v) is 10.5. The van der Waals surface area contributed by atoms with Crippen LogP contribution in [0, 0.1) is 7.14 Å². The summed E-state index contributed by atoms with van der Waals surface area (Å²) in [5, 5.41) is 20.9. The summed E-state index contributed by atoms with van der Waals surface area (Å²) in [5.74, 6) is -8.40. The maximum Gasteiger partial charge on any atom is 0.338 e. The number of ether oxygens (including phenoxy) is 1. The SMILES string of the molecule is CC(C)(C)c1ccc(C(=O)OC(c2cc(I)c(O)c(I)c2)C(F)(F)C(=O)[O-])cc1. The Morgan fingerprint density at radius 2 is 1.55 bits per heavy atom. The number of carbonyl (C=O) groups excluding carboxylic acids is 2. The summed E-state index contributed by atoms with van der Waals surface area (Å²) in [6.07, 6.45) is -2.43. The van der Waals surface area contributed by atoms with E-state index >= 15 is 0 Å². The maximum absolute atomic E-state index is 14.4. The minimum absolute atomic E-state index is 0.000296. The third-order valence-corrected chi connectivity index (χ3v) is 5.80. The Kier molecular flexibility index (Phi) is 7.13. The molecule has 0 aliphatic heterocycles. The van der Waals surface area contributed by atoms with Gasteiger partial charge in [-0.15, -0.1) is 0 Å². The van der Waals surface area contributed by atoms with Crippen molar-refractivity contribution >= 4 is 57.1 Å². The first-order valence-electron chi connectivity index (χ1n) is 8.34. The van der Waals surface area contributed by atoms with Crippen LogP contribution in [0.3, 0.4) is 0 Å². The molecule has 0 heterocycles. The number of benzene rings is 2. The number of hydrogen-bond donors (Lipinski definition) is 1. The second kappa shape index (κ2) is 8.70. The van der Waals surface area contributed by atoms with Crippen molar-refractivity contribution in [2.24, 2.45) is 0 Å². The van der Waals surface area contributed by atoms with E-state index in [4.69, 9.17) is 4.74 Å². The molecule has 0 fully saturated rings. The molecule has 0 spiro atoms. The second-order valence-corrected chi connectivity index (χ2v) is 9.68. The molecule has 0 aliphatic carbocycles. The average Bonchev–Trinajstić information content (AvgIpc) is 2.62. The zero-order valence-corrected chi connectivity index (χ0v) is 19.9. The number of phenolic OH excluding ortho intramolecular Hbond substituents is 1. The van der Waals surface area contributed by atoms with Crippen LogP contribution in [0.1, 0.15) is 48.4 Å². The molecule has 9 heteroatoms. The normalized spacial score (nSPS) is 13.1. The van der Waals surface area contributed by atoms with Gasteiger partial charge in [0, 0.05) is 5.56 Å². The monoisotopic (exact) mass is 629 g/mol. The molecule has 29 heavy (non-hydrogen) atoms. The molecular formula is C20H17F2I2O5-. The lowest BCUT2D eigenvalue weighted by Gasteiger charge is -2.28. The Hall–Kier alpha value is -1.50. The number of esters is 1. The van der Waals surface area contributed by atoms with E-state index in [0.717, 1.165) is 17.7 Å². The van der Waals surface area contributed by atoms with Crippen LogP contribution >= 0.6 is 45.2 Å². The third-order valence-electron chi connectivity index (χ3n) is 4.15. The van der Waals surface area contributed by atoms with E-state index in [9.17, 15) is 28.6 Å². The molecular weight excluding hydrogens is 612 g/mol. The highest BCUT2D eigenvalue weighted by Crippen LogP contribution is 2.39. The predicted molar refractivity (Wildman–Crippen MR) is 117 cm³/mol. The number of rotatable bonds is 5. The van der Waals surface area contributed by atoms with Gasteiger partial charge in [0.15, 0.2) is 6.10 Å². The molecule has 5 nitrogen and oxygen atoms in total. The van der Waals surface area contributed by atoms with Gasteiger partial charge in [-0.05, 0) is 80.4 Å². The molecule has 156 valence electrons. The zero-order valence-electron chi connectivity index (χ0n) is 15.6. The Balaban J connectivity index is 2.43. The van der Waals surface area contributed by atoms with E-state index < -0.39 is 24.0 Å². The Morgan fingerprint density at radius 1 is 1.07 bits per heavy atom. The van der Waals surface area contributed by atoms with Gasteiger partial charge in [0.1, 0.15) is 11.7 Å². The number of alkyl halides is 2. The fourth-order valence-corrected chi connectivity index (χ4v) is 4.29. The standard InChI is InChI=1S/C20H18F2I2O5/c1-19(2,3)12-6-4-10(5-7-12)17(26)29-16(20(21,22)18(27)28)11-8-13(23)15(25)14(24)9-11/h4-9,16,25H,1-3H3,(H,27,28)/p-1. The summed E-state index contributed by atoms with van der Waals surface area (Å²) < 4.78 is 34.0. The molecule has 0 saturated heterocycles. The van der Waals surface area contributed by atoms with Gasteiger partial charge in [-0.2, -0.15) is 8.78 Å². The number of hydrogen-bond acceptors (Lipinski definition) is 5. The number of carbonyl (C=O) groups is 2. The first-order chi connectivity index (χ1) is 13.2. The van der Waals surface area contributed by atoms with Crippen LogP contribution in [0.25, 0.3) is 0 Å². The lowest BCUT2D eigenvalue weighted by atomic mass is 9.87. The van der Waals surface area contributed by atoms with Crippen molar-refractivity contribution in [2.45, 2.75) is 38.2 Å². The quantitative estimate of drug-likeness (QED) is 0.397. The lowest BCUT2D eigenvalue weighted by molar-refractivity contribution is -0.336. The molecule has 2 aromatic carbocycles. The Morgan fingerprint density at radius 3 is 1.97 bits per heavy atom. The summed E-state index contributed by atoms with van der Waals surface area (Å²) in [4.78, 5) is 23.5. The Bertz CT molecular complexity index is 914. The van der Waals surface area contributed by atoms with Gasteiger partial charge in [0.25, 0.3) is 0 Å². The number of phenols is 1. The molecule has 0 aliphatic rings. The molecule has 1 unspecified atom stereocenters. The summed E-state index contributed by atoms with van der Waals surface area (Å²) in [6, 6.07) is 8.48. The molecule has 1 atom stereocenters. The highest BCUT2D eigenvalue weighted by molar-refractivity contribution is 14.1. The predicted octanol–water partition coefficient (Wildman–Crippen LogP) is 4.18. The highest BCUT2D eigenvalue weighted by atomic mass is 127. The van der Waals surface area contributed by atoms with Gasteiger partial charge in [0.2, 0.25) is 0 Å². The van der Waals surface area contributed by atoms with Crippen molar-refractivity contribution in [1.82, 2.24) is 0 Å². The van der Waals surface area contributed by atoms with Crippen LogP contribution in [-0.4, -0.2) is 23.0 Å². The molecule has 2 rings (SSSR count). The van der Waals surface area contributed by atoms with Crippen molar-refractivity contribution in [3.8, 4) is 5.75 Å². The summed E-state index contributed by atoms with van der Waals surface area (Å²) in [6.45, 7) is 5.93. The van der Waals surface area contributed by atoms with Crippen molar-refractivity contribution in [3.05, 3.63) is 60.2 Å². The number of carboxylic acids is 1. The van der Waals surface area contributed by atoms with E-state index in [1.165, 1.54) is 12.1 Å². The van der Waals surface area contributed by atoms with Crippen LogP contribution in [0.5, 0.6) is 5.75 Å². The molecule has 0 bridgehead atoms. The van der Waals surface area contributed by atoms with E-state index in [0.29, 0.717) is 0 Å². The molecule has 0 radical (unpaired) electrons. The van der Waals surface area contributed by atoms with E-state index in [2.05, 4.69) is 0 Å². The third kappa shape index (κ3) is 5.36. The topological polar surface area (TPSA) is 86.7 Å². The van der Waals surface area contributed by atoms with Gasteiger partial charge in [-0.3, -0.25) is 0 Å². The Labute approximate surface area is 193 Å². The first kappa shape index (κ1) is 23.8. The molecule has 1 N–H and O–H groups in total. The summed E-state index contributed by atoms with van der Waals surface area (Å²) in [5.41, 5.74) is 0.478. The van der Waals surface area contributed by atoms with Gasteiger partial charge < -0.3 is 19.7 Å². The smallest absolute Gasteiger partial charge is 0.338 e. The number of aliphatic carboxylic acids is 1. The number of aromatic hydroxyl groups is 1. The molecule has 2 aromatic rings. The average molecular weight is 629 g/mol. The van der Waals surface area contributed by atoms with E-state index in [-0.39, 0.29) is 29.4 Å². The van der Waals surface area contributed by atoms with Gasteiger partial charge in [0.05, 0.1) is 12.7 Å². The van der Waals surface area contributed by atoms with Gasteiger partial charge >= 0.3 is 11.9 Å². The van der Waals surface area contributed by atoms with E-state index in [1.807, 2.05) is 20.8 Å². The fourth-order valence-electron chi connectivity index (χ4n) is 2.48. The largest absolute Gasteiger partial charge is 0.544 e. The molecule has 0 aromatic heterocycles. The second-order valence-electron chi connectivity index (χ2n) is 7.36. The molecule has 0 saturated carbocycles. The van der Waals surface area contributed by atoms with Gasteiger partial charge in [-0.25, -0.2) is 4.79 Å². The van der Waals surface area contributed by atoms with Gasteiger partial charge in [-0.1, -0.05) is 32.9 Å². The van der Waals surface area contributed by atoms with Crippen LogP contribution in [0.2, 0.25) is 0 Å². The van der Waals surface area contributed by atoms with Crippen molar-refractivity contribution in [2.75, 3.05) is 0 Å². The minimum atomic E-state index is -4.48. The van der Waals surface area contributed by atoms with Crippen LogP contribution in [0.4, 0.5) is 8.78 Å². The number of halogens is 4.